The van der Waals surface area contributed by atoms with E-state index in [-0.39, 0.29) is 10.8 Å². The van der Waals surface area contributed by atoms with E-state index in [2.05, 4.69) is 41.5 Å². The van der Waals surface area contributed by atoms with Crippen molar-refractivity contribution in [2.45, 2.75) is 106 Å². The van der Waals surface area contributed by atoms with Crippen LogP contribution in [0.2, 0.25) is 0 Å². The van der Waals surface area contributed by atoms with Crippen LogP contribution in [0, 0.1) is 21.7 Å². The largest absolute Gasteiger partial charge is 0.300 e. The molecule has 1 heteroatoms. The second-order valence-corrected chi connectivity index (χ2v) is 10.2. The van der Waals surface area contributed by atoms with Gasteiger partial charge in [0.05, 0.1) is 0 Å². The van der Waals surface area contributed by atoms with E-state index in [4.69, 9.17) is 0 Å². The molecule has 128 valence electrons. The first-order valence-corrected chi connectivity index (χ1v) is 9.53. The number of carbonyl (C=O) groups excluding carboxylic acids is 1. The second kappa shape index (κ2) is 5.95. The molecule has 0 aromatic carbocycles. The molecule has 0 bridgehead atoms. The van der Waals surface area contributed by atoms with E-state index in [0.29, 0.717) is 16.6 Å². The van der Waals surface area contributed by atoms with Crippen molar-refractivity contribution in [1.29, 1.82) is 0 Å². The first kappa shape index (κ1) is 18.0. The molecule has 0 heterocycles. The molecule has 0 aliphatic heterocycles. The van der Waals surface area contributed by atoms with Crippen LogP contribution < -0.4 is 0 Å². The molecule has 2 aliphatic carbocycles. The van der Waals surface area contributed by atoms with Crippen LogP contribution in [0.4, 0.5) is 0 Å². The Morgan fingerprint density at radius 1 is 0.636 bits per heavy atom. The fourth-order valence-corrected chi connectivity index (χ4v) is 5.03. The number of ketones is 1. The summed E-state index contributed by atoms with van der Waals surface area (Å²) in [5.41, 5.74) is 1.03. The summed E-state index contributed by atoms with van der Waals surface area (Å²) in [5, 5.41) is 0. The number of hydrogen-bond acceptors (Lipinski definition) is 1. The summed E-state index contributed by atoms with van der Waals surface area (Å²) in [7, 11) is 0. The van der Waals surface area contributed by atoms with Gasteiger partial charge in [0, 0.05) is 12.8 Å². The van der Waals surface area contributed by atoms with Crippen molar-refractivity contribution in [3.63, 3.8) is 0 Å². The highest BCUT2D eigenvalue weighted by atomic mass is 16.1. The maximum absolute atomic E-state index is 13.0. The quantitative estimate of drug-likeness (QED) is 0.575. The van der Waals surface area contributed by atoms with Crippen molar-refractivity contribution in [3.8, 4) is 0 Å². The van der Waals surface area contributed by atoms with Crippen LogP contribution in [0.5, 0.6) is 0 Å². The second-order valence-electron chi connectivity index (χ2n) is 10.2. The third kappa shape index (κ3) is 3.29. The molecule has 2 rings (SSSR count). The Labute approximate surface area is 138 Å². The van der Waals surface area contributed by atoms with Gasteiger partial charge >= 0.3 is 0 Å². The molecule has 2 fully saturated rings. The average molecular weight is 307 g/mol. The SMILES string of the molecule is CC1(C)CCCCC1(C)CC(=O)CC1(C)CCCCC1(C)C. The lowest BCUT2D eigenvalue weighted by Gasteiger charge is -2.50. The summed E-state index contributed by atoms with van der Waals surface area (Å²) >= 11 is 0. The normalized spacial score (nSPS) is 37.7. The van der Waals surface area contributed by atoms with E-state index < -0.39 is 0 Å². The molecule has 0 saturated heterocycles. The molecule has 2 saturated carbocycles. The third-order valence-electron chi connectivity index (χ3n) is 8.00. The fourth-order valence-electron chi connectivity index (χ4n) is 5.03. The maximum atomic E-state index is 13.0. The van der Waals surface area contributed by atoms with Crippen molar-refractivity contribution >= 4 is 5.78 Å². The minimum absolute atomic E-state index is 0.206. The highest BCUT2D eigenvalue weighted by molar-refractivity contribution is 5.80. The highest BCUT2D eigenvalue weighted by Gasteiger charge is 2.47. The molecular formula is C21H38O. The Kier molecular flexibility index (Phi) is 4.87. The summed E-state index contributed by atoms with van der Waals surface area (Å²) in [6.45, 7) is 14.3. The Bertz CT molecular complexity index is 382. The van der Waals surface area contributed by atoms with Gasteiger partial charge in [-0.25, -0.2) is 0 Å². The zero-order chi connectivity index (χ0) is 16.6. The molecular weight excluding hydrogens is 268 g/mol. The van der Waals surface area contributed by atoms with Crippen molar-refractivity contribution in [2.24, 2.45) is 21.7 Å². The summed E-state index contributed by atoms with van der Waals surface area (Å²) in [5.74, 6) is 0.523. The van der Waals surface area contributed by atoms with Gasteiger partial charge < -0.3 is 0 Å². The molecule has 2 aliphatic rings. The maximum Gasteiger partial charge on any atom is 0.134 e. The van der Waals surface area contributed by atoms with Crippen molar-refractivity contribution in [1.82, 2.24) is 0 Å². The van der Waals surface area contributed by atoms with E-state index in [1.54, 1.807) is 0 Å². The van der Waals surface area contributed by atoms with Gasteiger partial charge in [0.2, 0.25) is 0 Å². The minimum atomic E-state index is 0.206. The molecule has 2 atom stereocenters. The van der Waals surface area contributed by atoms with Crippen LogP contribution in [0.3, 0.4) is 0 Å². The zero-order valence-electron chi connectivity index (χ0n) is 16.0. The molecule has 0 aromatic heterocycles. The summed E-state index contributed by atoms with van der Waals surface area (Å²) < 4.78 is 0. The minimum Gasteiger partial charge on any atom is -0.300 e. The van der Waals surface area contributed by atoms with Gasteiger partial charge in [-0.05, 0) is 47.3 Å². The Morgan fingerprint density at radius 2 is 0.955 bits per heavy atom. The van der Waals surface area contributed by atoms with Crippen molar-refractivity contribution in [2.75, 3.05) is 0 Å². The lowest BCUT2D eigenvalue weighted by Crippen LogP contribution is -2.43. The Balaban J connectivity index is 2.06. The number of carbonyl (C=O) groups is 1. The molecule has 2 unspecified atom stereocenters. The van der Waals surface area contributed by atoms with E-state index in [0.717, 1.165) is 12.8 Å². The molecule has 1 nitrogen and oxygen atoms in total. The Hall–Kier alpha value is -0.330. The lowest BCUT2D eigenvalue weighted by atomic mass is 9.54. The van der Waals surface area contributed by atoms with Crippen LogP contribution >= 0.6 is 0 Å². The van der Waals surface area contributed by atoms with Crippen LogP contribution in [0.15, 0.2) is 0 Å². The number of hydrogen-bond donors (Lipinski definition) is 0. The van der Waals surface area contributed by atoms with E-state index >= 15 is 0 Å². The van der Waals surface area contributed by atoms with Gasteiger partial charge in [-0.3, -0.25) is 4.79 Å². The first-order chi connectivity index (χ1) is 10.0. The predicted octanol–water partition coefficient (Wildman–Crippen LogP) is 6.55. The Morgan fingerprint density at radius 3 is 1.27 bits per heavy atom. The first-order valence-electron chi connectivity index (χ1n) is 9.53. The fraction of sp³-hybridized carbons (Fsp3) is 0.952. The molecule has 0 radical (unpaired) electrons. The molecule has 0 amide bonds. The van der Waals surface area contributed by atoms with Gasteiger partial charge in [-0.15, -0.1) is 0 Å². The predicted molar refractivity (Wildman–Crippen MR) is 95.0 cm³/mol. The third-order valence-corrected chi connectivity index (χ3v) is 8.00. The highest BCUT2D eigenvalue weighted by Crippen LogP contribution is 2.55. The van der Waals surface area contributed by atoms with Gasteiger partial charge in [0.1, 0.15) is 5.78 Å². The smallest absolute Gasteiger partial charge is 0.134 e. The van der Waals surface area contributed by atoms with Crippen LogP contribution in [0.25, 0.3) is 0 Å². The standard InChI is InChI=1S/C21H38O/c1-18(2)11-7-9-13-20(18,5)15-17(22)16-21(6)14-10-8-12-19(21,3)4/h7-16H2,1-6H3. The van der Waals surface area contributed by atoms with Gasteiger partial charge in [0.25, 0.3) is 0 Å². The number of Topliss-reactive ketones (excluding diaryl/α,β-unsaturated/α-hetero) is 1. The van der Waals surface area contributed by atoms with Crippen LogP contribution in [-0.2, 0) is 4.79 Å². The van der Waals surface area contributed by atoms with Gasteiger partial charge in [-0.2, -0.15) is 0 Å². The molecule has 0 aromatic rings. The summed E-state index contributed by atoms with van der Waals surface area (Å²) in [6.07, 6.45) is 11.9. The van der Waals surface area contributed by atoms with E-state index in [1.807, 2.05) is 0 Å². The topological polar surface area (TPSA) is 17.1 Å². The molecule has 0 N–H and O–H groups in total. The lowest BCUT2D eigenvalue weighted by molar-refractivity contribution is -0.130. The van der Waals surface area contributed by atoms with E-state index in [9.17, 15) is 4.79 Å². The van der Waals surface area contributed by atoms with Gasteiger partial charge in [-0.1, -0.05) is 67.2 Å². The average Bonchev–Trinajstić information content (AvgIpc) is 2.37. The monoisotopic (exact) mass is 306 g/mol. The van der Waals surface area contributed by atoms with Crippen molar-refractivity contribution < 1.29 is 4.79 Å². The van der Waals surface area contributed by atoms with E-state index in [1.165, 1.54) is 51.4 Å². The summed E-state index contributed by atoms with van der Waals surface area (Å²) in [4.78, 5) is 13.0. The zero-order valence-corrected chi connectivity index (χ0v) is 16.0. The van der Waals surface area contributed by atoms with Gasteiger partial charge in [0.15, 0.2) is 0 Å². The molecule has 0 spiro atoms. The van der Waals surface area contributed by atoms with Crippen LogP contribution in [-0.4, -0.2) is 5.78 Å². The molecule has 22 heavy (non-hydrogen) atoms. The number of rotatable bonds is 4. The van der Waals surface area contributed by atoms with Crippen molar-refractivity contribution in [3.05, 3.63) is 0 Å². The summed E-state index contributed by atoms with van der Waals surface area (Å²) in [6, 6.07) is 0. The van der Waals surface area contributed by atoms with Crippen LogP contribution in [0.1, 0.15) is 106 Å².